The van der Waals surface area contributed by atoms with Crippen LogP contribution < -0.4 is 0 Å². The summed E-state index contributed by atoms with van der Waals surface area (Å²) < 4.78 is 0. The normalized spacial score (nSPS) is 9.00. The van der Waals surface area contributed by atoms with Crippen molar-refractivity contribution in [3.63, 3.8) is 0 Å². The number of rotatable bonds is 1. The zero-order valence-corrected chi connectivity index (χ0v) is 3.18. The van der Waals surface area contributed by atoms with E-state index in [-0.39, 0.29) is 0 Å². The van der Waals surface area contributed by atoms with Crippen molar-refractivity contribution in [2.45, 2.75) is 6.92 Å². The minimum Gasteiger partial charge on any atom is -0.167 e. The van der Waals surface area contributed by atoms with Gasteiger partial charge >= 0.3 is 0 Å². The molecule has 0 atom stereocenters. The van der Waals surface area contributed by atoms with Crippen molar-refractivity contribution in [3.05, 3.63) is 0 Å². The van der Waals surface area contributed by atoms with Gasteiger partial charge in [0.2, 0.25) is 0 Å². The van der Waals surface area contributed by atoms with Crippen molar-refractivity contribution in [2.75, 3.05) is 0 Å². The van der Waals surface area contributed by atoms with Gasteiger partial charge in [-0.1, -0.05) is 0 Å². The van der Waals surface area contributed by atoms with E-state index >= 15 is 0 Å². The summed E-state index contributed by atoms with van der Waals surface area (Å²) >= 11 is 0. The van der Waals surface area contributed by atoms with Crippen LogP contribution in [0.25, 0.3) is 0 Å². The molecule has 0 aromatic carbocycles. The summed E-state index contributed by atoms with van der Waals surface area (Å²) in [4.78, 5) is 0. The Morgan fingerprint density at radius 1 is 1.80 bits per heavy atom. The van der Waals surface area contributed by atoms with Gasteiger partial charge in [0, 0.05) is 12.9 Å². The molecule has 0 N–H and O–H groups in total. The second-order valence-electron chi connectivity index (χ2n) is 0.515. The molecule has 0 aliphatic carbocycles. The Morgan fingerprint density at radius 3 is 2.40 bits per heavy atom. The van der Waals surface area contributed by atoms with Gasteiger partial charge in [0.15, 0.2) is 0 Å². The molecule has 0 heterocycles. The van der Waals surface area contributed by atoms with Crippen molar-refractivity contribution >= 4 is 12.9 Å². The van der Waals surface area contributed by atoms with Crippen LogP contribution in [0.1, 0.15) is 6.92 Å². The summed E-state index contributed by atoms with van der Waals surface area (Å²) in [6.07, 6.45) is 1.58. The second-order valence-corrected chi connectivity index (χ2v) is 0.515. The Morgan fingerprint density at radius 2 is 2.40 bits per heavy atom. The molecule has 0 aliphatic rings. The lowest BCUT2D eigenvalue weighted by molar-refractivity contribution is 1.28. The third-order valence-corrected chi connectivity index (χ3v) is 0.197. The maximum atomic E-state index is 3.36. The number of hydrogen-bond donors (Lipinski definition) is 0. The molecule has 0 spiro atoms. The van der Waals surface area contributed by atoms with Crippen molar-refractivity contribution in [1.82, 2.24) is 0 Å². The first-order valence-electron chi connectivity index (χ1n) is 1.35. The Kier molecular flexibility index (Phi) is 2.90. The van der Waals surface area contributed by atoms with Gasteiger partial charge in [0.1, 0.15) is 0 Å². The highest BCUT2D eigenvalue weighted by Gasteiger charge is 1.40. The molecule has 0 aromatic heterocycles. The van der Waals surface area contributed by atoms with Gasteiger partial charge in [0.05, 0.1) is 0 Å². The van der Waals surface area contributed by atoms with E-state index in [0.717, 1.165) is 0 Å². The first-order valence-corrected chi connectivity index (χ1v) is 1.35. The minimum absolute atomic E-state index is 1.58. The molecule has 0 aromatic rings. The quantitative estimate of drug-likeness (QED) is 0.320. The zero-order valence-electron chi connectivity index (χ0n) is 3.18. The maximum Gasteiger partial charge on any atom is 0.0239 e. The molecule has 5 heavy (non-hydrogen) atoms. The maximum absolute atomic E-state index is 3.36. The van der Waals surface area contributed by atoms with Crippen LogP contribution in [0.5, 0.6) is 0 Å². The molecule has 0 saturated heterocycles. The van der Waals surface area contributed by atoms with Crippen LogP contribution in [0, 0.1) is 0 Å². The summed E-state index contributed by atoms with van der Waals surface area (Å²) in [6, 6.07) is 0. The predicted octanol–water partition coefficient (Wildman–Crippen LogP) is 0.693. The van der Waals surface area contributed by atoms with Crippen LogP contribution in [0.4, 0.5) is 0 Å². The highest BCUT2D eigenvalue weighted by Crippen LogP contribution is 1.55. The Balaban J connectivity index is 2.92. The highest BCUT2D eigenvalue weighted by molar-refractivity contribution is 5.53. The lowest BCUT2D eigenvalue weighted by atomic mass is 10.9. The molecular formula is C3H6N2. The van der Waals surface area contributed by atoms with Gasteiger partial charge in [-0.05, 0) is 6.92 Å². The van der Waals surface area contributed by atoms with E-state index < -0.39 is 0 Å². The molecule has 0 bridgehead atoms. The standard InChI is InChI=1S/C3H6N2/c1-3-5-4-2/h3H,2H2,1H3. The summed E-state index contributed by atoms with van der Waals surface area (Å²) in [6.45, 7) is 4.89. The minimum atomic E-state index is 1.58. The lowest BCUT2D eigenvalue weighted by Gasteiger charge is -1.58. The molecule has 0 unspecified atom stereocenters. The monoisotopic (exact) mass is 70.1 g/mol. The van der Waals surface area contributed by atoms with Crippen LogP contribution >= 0.6 is 0 Å². The fourth-order valence-corrected chi connectivity index (χ4v) is 0.0816. The van der Waals surface area contributed by atoms with Crippen LogP contribution in [0.3, 0.4) is 0 Å². The summed E-state index contributed by atoms with van der Waals surface area (Å²) in [5.74, 6) is 0. The van der Waals surface area contributed by atoms with Crippen LogP contribution in [-0.4, -0.2) is 12.9 Å². The third kappa shape index (κ3) is 3.34. The molecule has 0 rings (SSSR count). The molecule has 0 fully saturated rings. The first kappa shape index (κ1) is 4.34. The van der Waals surface area contributed by atoms with Crippen molar-refractivity contribution in [1.29, 1.82) is 0 Å². The van der Waals surface area contributed by atoms with E-state index in [1.54, 1.807) is 13.1 Å². The second kappa shape index (κ2) is 3.34. The Hall–Kier alpha value is -0.660. The average Bonchev–Trinajstić information content (AvgIpc) is 1.41. The molecule has 2 heteroatoms. The summed E-state index contributed by atoms with van der Waals surface area (Å²) in [7, 11) is 0. The van der Waals surface area contributed by atoms with Crippen LogP contribution in [-0.2, 0) is 0 Å². The SMILES string of the molecule is C=NN=CC. The molecule has 0 radical (unpaired) electrons. The van der Waals surface area contributed by atoms with E-state index in [1.807, 2.05) is 0 Å². The largest absolute Gasteiger partial charge is 0.167 e. The van der Waals surface area contributed by atoms with Gasteiger partial charge in [-0.2, -0.15) is 10.2 Å². The fourth-order valence-electron chi connectivity index (χ4n) is 0.0816. The fraction of sp³-hybridized carbons (Fsp3) is 0.333. The zero-order chi connectivity index (χ0) is 4.12. The van der Waals surface area contributed by atoms with Gasteiger partial charge < -0.3 is 0 Å². The van der Waals surface area contributed by atoms with E-state index in [9.17, 15) is 0 Å². The molecule has 0 aliphatic heterocycles. The molecule has 0 saturated carbocycles. The average molecular weight is 70.1 g/mol. The lowest BCUT2D eigenvalue weighted by Crippen LogP contribution is -1.48. The summed E-state index contributed by atoms with van der Waals surface area (Å²) in [5, 5.41) is 6.53. The number of hydrogen-bond acceptors (Lipinski definition) is 2. The van der Waals surface area contributed by atoms with E-state index in [2.05, 4.69) is 16.9 Å². The molecular weight excluding hydrogens is 64.0 g/mol. The van der Waals surface area contributed by atoms with E-state index in [0.29, 0.717) is 0 Å². The van der Waals surface area contributed by atoms with Crippen LogP contribution in [0.15, 0.2) is 10.2 Å². The van der Waals surface area contributed by atoms with Gasteiger partial charge in [0.25, 0.3) is 0 Å². The van der Waals surface area contributed by atoms with Crippen molar-refractivity contribution in [2.24, 2.45) is 10.2 Å². The molecule has 0 amide bonds. The highest BCUT2D eigenvalue weighted by atomic mass is 15.2. The molecule has 28 valence electrons. The smallest absolute Gasteiger partial charge is 0.0239 e. The number of nitrogens with zero attached hydrogens (tertiary/aromatic N) is 2. The van der Waals surface area contributed by atoms with Crippen LogP contribution in [0.2, 0.25) is 0 Å². The molecule has 2 nitrogen and oxygen atoms in total. The van der Waals surface area contributed by atoms with Gasteiger partial charge in [-0.25, -0.2) is 0 Å². The van der Waals surface area contributed by atoms with Crippen molar-refractivity contribution < 1.29 is 0 Å². The van der Waals surface area contributed by atoms with Crippen molar-refractivity contribution in [3.8, 4) is 0 Å². The van der Waals surface area contributed by atoms with E-state index in [1.165, 1.54) is 0 Å². The Labute approximate surface area is 31.2 Å². The first-order chi connectivity index (χ1) is 2.41. The topological polar surface area (TPSA) is 24.7 Å². The predicted molar refractivity (Wildman–Crippen MR) is 23.7 cm³/mol. The third-order valence-electron chi connectivity index (χ3n) is 0.197. The van der Waals surface area contributed by atoms with Gasteiger partial charge in [-0.3, -0.25) is 0 Å². The van der Waals surface area contributed by atoms with Gasteiger partial charge in [-0.15, -0.1) is 0 Å². The van der Waals surface area contributed by atoms with E-state index in [4.69, 9.17) is 0 Å². The Bertz CT molecular complexity index is 46.9. The summed E-state index contributed by atoms with van der Waals surface area (Å²) in [5.41, 5.74) is 0.